The van der Waals surface area contributed by atoms with Crippen molar-refractivity contribution in [3.8, 4) is 0 Å². The van der Waals surface area contributed by atoms with E-state index in [4.69, 9.17) is 13.8 Å². The topological polar surface area (TPSA) is 140 Å². The standard InChI is InChI=1S/C20H29O9P/c1-10(2)7-12-11(3)15(23)14(8-20(12,4)5)29-30(26,27-6)18-16(24)19(25)28-17(18)13(22)9-21/h7,13-14,17,21-22,24H,8-9H2,1-6H3/t13-,14?,17+,30?/m0/s1. The zero-order valence-corrected chi connectivity index (χ0v) is 18.9. The zero-order valence-electron chi connectivity index (χ0n) is 18.0. The predicted octanol–water partition coefficient (Wildman–Crippen LogP) is 2.54. The summed E-state index contributed by atoms with van der Waals surface area (Å²) in [5, 5.41) is 28.6. The Balaban J connectivity index is 2.48. The molecular weight excluding hydrogens is 415 g/mol. The van der Waals surface area contributed by atoms with Gasteiger partial charge in [-0.1, -0.05) is 25.5 Å². The summed E-state index contributed by atoms with van der Waals surface area (Å²) in [6.07, 6.45) is -2.37. The summed E-state index contributed by atoms with van der Waals surface area (Å²) in [6, 6.07) is 0. The summed E-state index contributed by atoms with van der Waals surface area (Å²) in [5.41, 5.74) is 1.81. The third-order valence-electron chi connectivity index (χ3n) is 5.20. The van der Waals surface area contributed by atoms with Crippen LogP contribution in [0.1, 0.15) is 41.0 Å². The van der Waals surface area contributed by atoms with Crippen LogP contribution in [0.2, 0.25) is 0 Å². The van der Waals surface area contributed by atoms with Gasteiger partial charge in [-0.15, -0.1) is 0 Å². The van der Waals surface area contributed by atoms with Gasteiger partial charge < -0.3 is 24.6 Å². The van der Waals surface area contributed by atoms with E-state index in [0.29, 0.717) is 5.57 Å². The Bertz CT molecular complexity index is 877. The molecule has 168 valence electrons. The molecule has 2 unspecified atom stereocenters. The van der Waals surface area contributed by atoms with Gasteiger partial charge in [0.15, 0.2) is 11.9 Å². The number of aliphatic hydroxyl groups excluding tert-OH is 3. The van der Waals surface area contributed by atoms with Gasteiger partial charge in [0.05, 0.1) is 6.61 Å². The number of ether oxygens (including phenoxy) is 1. The van der Waals surface area contributed by atoms with Crippen LogP contribution in [0.4, 0.5) is 0 Å². The summed E-state index contributed by atoms with van der Waals surface area (Å²) >= 11 is 0. The minimum absolute atomic E-state index is 0.172. The normalized spacial score (nSPS) is 27.1. The molecule has 0 aromatic carbocycles. The molecule has 1 heterocycles. The van der Waals surface area contributed by atoms with Crippen molar-refractivity contribution in [1.82, 2.24) is 0 Å². The van der Waals surface area contributed by atoms with Crippen LogP contribution in [0.5, 0.6) is 0 Å². The molecule has 1 aliphatic carbocycles. The zero-order chi connectivity index (χ0) is 23.0. The number of cyclic esters (lactones) is 1. The lowest BCUT2D eigenvalue weighted by Gasteiger charge is -2.38. The number of carbonyl (C=O) groups is 2. The van der Waals surface area contributed by atoms with Crippen LogP contribution >= 0.6 is 7.60 Å². The molecule has 0 amide bonds. The maximum atomic E-state index is 13.5. The molecule has 4 atom stereocenters. The van der Waals surface area contributed by atoms with Crippen LogP contribution in [0, 0.1) is 5.41 Å². The van der Waals surface area contributed by atoms with Gasteiger partial charge in [-0.2, -0.15) is 0 Å². The largest absolute Gasteiger partial charge is 0.501 e. The van der Waals surface area contributed by atoms with Crippen molar-refractivity contribution in [3.05, 3.63) is 33.9 Å². The number of rotatable bonds is 7. The van der Waals surface area contributed by atoms with E-state index in [9.17, 15) is 29.5 Å². The van der Waals surface area contributed by atoms with Crippen LogP contribution in [-0.4, -0.2) is 59.1 Å². The molecule has 0 radical (unpaired) electrons. The molecule has 2 aliphatic rings. The summed E-state index contributed by atoms with van der Waals surface area (Å²) < 4.78 is 28.9. The first-order chi connectivity index (χ1) is 13.8. The molecule has 0 saturated heterocycles. The minimum Gasteiger partial charge on any atom is -0.501 e. The highest BCUT2D eigenvalue weighted by Gasteiger charge is 2.52. The van der Waals surface area contributed by atoms with E-state index >= 15 is 0 Å². The van der Waals surface area contributed by atoms with E-state index in [-0.39, 0.29) is 6.42 Å². The van der Waals surface area contributed by atoms with Gasteiger partial charge in [0.25, 0.3) is 0 Å². The smallest absolute Gasteiger partial charge is 0.374 e. The Morgan fingerprint density at radius 3 is 2.47 bits per heavy atom. The highest BCUT2D eigenvalue weighted by molar-refractivity contribution is 7.58. The molecule has 0 aromatic heterocycles. The van der Waals surface area contributed by atoms with Crippen molar-refractivity contribution in [3.63, 3.8) is 0 Å². The van der Waals surface area contributed by atoms with Crippen molar-refractivity contribution in [2.45, 2.75) is 59.4 Å². The van der Waals surface area contributed by atoms with E-state index in [2.05, 4.69) is 0 Å². The van der Waals surface area contributed by atoms with Crippen LogP contribution in [-0.2, 0) is 27.9 Å². The van der Waals surface area contributed by atoms with E-state index in [0.717, 1.165) is 18.3 Å². The molecule has 1 aliphatic heterocycles. The van der Waals surface area contributed by atoms with E-state index in [1.165, 1.54) is 0 Å². The summed E-state index contributed by atoms with van der Waals surface area (Å²) in [7, 11) is -3.42. The fourth-order valence-corrected chi connectivity index (χ4v) is 5.49. The third kappa shape index (κ3) is 4.45. The monoisotopic (exact) mass is 444 g/mol. The minimum atomic E-state index is -4.45. The van der Waals surface area contributed by atoms with Gasteiger partial charge in [0.1, 0.15) is 17.5 Å². The lowest BCUT2D eigenvalue weighted by molar-refractivity contribution is -0.146. The van der Waals surface area contributed by atoms with E-state index < -0.39 is 60.8 Å². The molecule has 9 nitrogen and oxygen atoms in total. The SMILES string of the molecule is COP(=O)(OC1CC(C)(C)C(C=C(C)C)=C(C)C1=O)C1=C(O)C(=O)O[C@@H]1[C@@H](O)CO. The fourth-order valence-electron chi connectivity index (χ4n) is 3.70. The average molecular weight is 444 g/mol. The van der Waals surface area contributed by atoms with Gasteiger partial charge in [-0.3, -0.25) is 13.9 Å². The Hall–Kier alpha value is -1.77. The Labute approximate surface area is 175 Å². The third-order valence-corrected chi connectivity index (χ3v) is 7.27. The summed E-state index contributed by atoms with van der Waals surface area (Å²) in [5.74, 6) is -2.66. The van der Waals surface area contributed by atoms with Crippen LogP contribution in [0.15, 0.2) is 33.9 Å². The van der Waals surface area contributed by atoms with Gasteiger partial charge >= 0.3 is 13.6 Å². The quantitative estimate of drug-likeness (QED) is 0.399. The second-order valence-corrected chi connectivity index (χ2v) is 10.3. The Kier molecular flexibility index (Phi) is 7.16. The molecule has 3 N–H and O–H groups in total. The summed E-state index contributed by atoms with van der Waals surface area (Å²) in [4.78, 5) is 24.8. The number of carbonyl (C=O) groups excluding carboxylic acids is 2. The average Bonchev–Trinajstić information content (AvgIpc) is 2.97. The summed E-state index contributed by atoms with van der Waals surface area (Å²) in [6.45, 7) is 8.50. The molecule has 2 rings (SSSR count). The number of Topliss-reactive ketones (excluding diaryl/α,β-unsaturated/α-hetero) is 1. The van der Waals surface area contributed by atoms with Gasteiger partial charge in [-0.05, 0) is 43.8 Å². The van der Waals surface area contributed by atoms with Crippen molar-refractivity contribution in [2.24, 2.45) is 5.41 Å². The van der Waals surface area contributed by atoms with E-state index in [1.54, 1.807) is 6.92 Å². The van der Waals surface area contributed by atoms with Crippen LogP contribution in [0.25, 0.3) is 0 Å². The molecule has 0 bridgehead atoms. The Morgan fingerprint density at radius 2 is 1.97 bits per heavy atom. The maximum absolute atomic E-state index is 13.5. The van der Waals surface area contributed by atoms with Crippen molar-refractivity contribution in [1.29, 1.82) is 0 Å². The molecule has 0 spiro atoms. The van der Waals surface area contributed by atoms with Crippen molar-refractivity contribution < 1.29 is 43.3 Å². The fraction of sp³-hybridized carbons (Fsp3) is 0.600. The van der Waals surface area contributed by atoms with Crippen LogP contribution in [0.3, 0.4) is 0 Å². The molecular formula is C20H29O9P. The van der Waals surface area contributed by atoms with Crippen molar-refractivity contribution in [2.75, 3.05) is 13.7 Å². The highest BCUT2D eigenvalue weighted by atomic mass is 31.2. The molecule has 0 saturated carbocycles. The molecule has 0 fully saturated rings. The first kappa shape index (κ1) is 24.5. The van der Waals surface area contributed by atoms with Gasteiger partial charge in [0.2, 0.25) is 5.76 Å². The Morgan fingerprint density at radius 1 is 1.37 bits per heavy atom. The molecule has 0 aromatic rings. The predicted molar refractivity (Wildman–Crippen MR) is 108 cm³/mol. The number of esters is 1. The lowest BCUT2D eigenvalue weighted by Crippen LogP contribution is -2.38. The lowest BCUT2D eigenvalue weighted by atomic mass is 9.70. The first-order valence-corrected chi connectivity index (χ1v) is 11.0. The number of ketones is 1. The van der Waals surface area contributed by atoms with Gasteiger partial charge in [-0.25, -0.2) is 4.79 Å². The number of hydrogen-bond donors (Lipinski definition) is 3. The number of allylic oxidation sites excluding steroid dienone is 3. The second kappa shape index (κ2) is 8.77. The van der Waals surface area contributed by atoms with Crippen LogP contribution < -0.4 is 0 Å². The van der Waals surface area contributed by atoms with E-state index in [1.807, 2.05) is 33.8 Å². The number of aliphatic hydroxyl groups is 3. The molecule has 10 heteroatoms. The number of hydrogen-bond acceptors (Lipinski definition) is 9. The van der Waals surface area contributed by atoms with Crippen molar-refractivity contribution >= 4 is 19.3 Å². The maximum Gasteiger partial charge on any atom is 0.374 e. The first-order valence-electron chi connectivity index (χ1n) is 9.47. The second-order valence-electron chi connectivity index (χ2n) is 8.30. The van der Waals surface area contributed by atoms with Gasteiger partial charge in [0, 0.05) is 7.11 Å². The molecule has 30 heavy (non-hydrogen) atoms. The highest BCUT2D eigenvalue weighted by Crippen LogP contribution is 2.62.